The minimum Gasteiger partial charge on any atom is -0.611 e. The van der Waals surface area contributed by atoms with Crippen molar-refractivity contribution in [3.63, 3.8) is 0 Å². The third-order valence-corrected chi connectivity index (χ3v) is 8.91. The molecule has 12 heteroatoms. The Hall–Kier alpha value is -2.76. The molecule has 1 fully saturated rings. The van der Waals surface area contributed by atoms with E-state index in [-0.39, 0.29) is 0 Å². The molecule has 4 heterocycles. The van der Waals surface area contributed by atoms with E-state index >= 15 is 0 Å². The summed E-state index contributed by atoms with van der Waals surface area (Å²) >= 11 is 11.0. The number of piperazine rings is 1. The highest BCUT2D eigenvalue weighted by Gasteiger charge is 2.35. The van der Waals surface area contributed by atoms with E-state index in [1.807, 2.05) is 30.3 Å². The van der Waals surface area contributed by atoms with Crippen molar-refractivity contribution in [1.29, 1.82) is 0 Å². The number of aryl methyl sites for hydroxylation is 1. The Morgan fingerprint density at radius 1 is 1.00 bits per heavy atom. The SMILES string of the molecule is C[C@@H](O)[C@H](Nc1nc(N2CCN(c3ccc(Cl)cc3)CC2)nc2c1[S+]([O-])CC2)c1nc2ccc(Cl)cc2[nH]1. The van der Waals surface area contributed by atoms with Crippen LogP contribution in [-0.4, -0.2) is 67.6 Å². The molecule has 4 aromatic rings. The summed E-state index contributed by atoms with van der Waals surface area (Å²) in [5.74, 6) is 2.13. The van der Waals surface area contributed by atoms with E-state index in [1.54, 1.807) is 19.1 Å². The van der Waals surface area contributed by atoms with Crippen molar-refractivity contribution >= 4 is 62.9 Å². The van der Waals surface area contributed by atoms with Crippen LogP contribution in [0.1, 0.15) is 24.5 Å². The number of H-pyrrole nitrogens is 1. The number of nitrogens with one attached hydrogen (secondary N) is 2. The van der Waals surface area contributed by atoms with Gasteiger partial charge >= 0.3 is 0 Å². The van der Waals surface area contributed by atoms with Crippen LogP contribution < -0.4 is 15.1 Å². The van der Waals surface area contributed by atoms with E-state index < -0.39 is 23.3 Å². The fourth-order valence-electron chi connectivity index (χ4n) is 4.95. The zero-order chi connectivity index (χ0) is 26.4. The van der Waals surface area contributed by atoms with Crippen LogP contribution in [0.5, 0.6) is 0 Å². The molecule has 2 aromatic carbocycles. The van der Waals surface area contributed by atoms with Crippen molar-refractivity contribution in [3.05, 3.63) is 64.0 Å². The summed E-state index contributed by atoms with van der Waals surface area (Å²) in [7, 11) is 0. The summed E-state index contributed by atoms with van der Waals surface area (Å²) in [6.07, 6.45) is -0.183. The molecule has 9 nitrogen and oxygen atoms in total. The standard InChI is InChI=1S/C26H27Cl2N7O2S/c1-15(36)22(24-29-19-7-4-17(28)14-21(19)30-24)32-25-23-20(8-13-38(23)37)31-26(33-25)35-11-9-34(10-12-35)18-5-2-16(27)3-6-18/h2-7,14-15,22,36H,8-13H2,1H3,(H,29,30)(H,31,32,33)/t15-,22+,38?/m1/s1. The molecule has 2 aromatic heterocycles. The zero-order valence-electron chi connectivity index (χ0n) is 20.7. The molecule has 0 aliphatic carbocycles. The minimum absolute atomic E-state index is 0.477. The summed E-state index contributed by atoms with van der Waals surface area (Å²) in [6, 6.07) is 12.7. The first kappa shape index (κ1) is 25.5. The van der Waals surface area contributed by atoms with Crippen LogP contribution in [0.15, 0.2) is 47.4 Å². The number of hydrogen-bond acceptors (Lipinski definition) is 8. The van der Waals surface area contributed by atoms with Gasteiger partial charge in [-0.2, -0.15) is 4.98 Å². The number of nitrogens with zero attached hydrogens (tertiary/aromatic N) is 5. The number of aliphatic hydroxyl groups excluding tert-OH is 1. The third kappa shape index (κ3) is 4.99. The molecule has 3 atom stereocenters. The minimum atomic E-state index is -1.21. The van der Waals surface area contributed by atoms with Crippen LogP contribution in [0, 0.1) is 0 Å². The number of fused-ring (bicyclic) bond motifs is 2. The van der Waals surface area contributed by atoms with Gasteiger partial charge in [0, 0.05) is 48.3 Å². The molecular formula is C26H27Cl2N7O2S. The molecule has 3 N–H and O–H groups in total. The van der Waals surface area contributed by atoms with Gasteiger partial charge < -0.3 is 29.8 Å². The Bertz CT molecular complexity index is 1460. The second kappa shape index (κ2) is 10.4. The van der Waals surface area contributed by atoms with Crippen LogP contribution >= 0.6 is 23.2 Å². The smallest absolute Gasteiger partial charge is 0.228 e. The first-order valence-electron chi connectivity index (χ1n) is 12.5. The lowest BCUT2D eigenvalue weighted by atomic mass is 10.1. The summed E-state index contributed by atoms with van der Waals surface area (Å²) < 4.78 is 12.9. The van der Waals surface area contributed by atoms with E-state index in [0.29, 0.717) is 39.7 Å². The van der Waals surface area contributed by atoms with Crippen molar-refractivity contribution < 1.29 is 9.66 Å². The fourth-order valence-corrected chi connectivity index (χ4v) is 6.57. The summed E-state index contributed by atoms with van der Waals surface area (Å²) in [6.45, 7) is 4.80. The maximum atomic E-state index is 12.9. The average Bonchev–Trinajstić information content (AvgIpc) is 3.50. The van der Waals surface area contributed by atoms with Gasteiger partial charge in [-0.25, -0.2) is 9.97 Å². The number of halogens is 2. The van der Waals surface area contributed by atoms with E-state index in [4.69, 9.17) is 33.2 Å². The van der Waals surface area contributed by atoms with E-state index in [1.165, 1.54) is 0 Å². The molecule has 198 valence electrons. The van der Waals surface area contributed by atoms with E-state index in [9.17, 15) is 9.66 Å². The largest absolute Gasteiger partial charge is 0.611 e. The van der Waals surface area contributed by atoms with Crippen molar-refractivity contribution in [2.45, 2.75) is 30.4 Å². The number of benzene rings is 2. The molecule has 0 radical (unpaired) electrons. The molecule has 0 saturated carbocycles. The second-order valence-electron chi connectivity index (χ2n) is 9.54. The molecule has 0 amide bonds. The first-order chi connectivity index (χ1) is 18.4. The van der Waals surface area contributed by atoms with Gasteiger partial charge in [-0.3, -0.25) is 0 Å². The summed E-state index contributed by atoms with van der Waals surface area (Å²) in [5.41, 5.74) is 3.44. The molecule has 6 rings (SSSR count). The van der Waals surface area contributed by atoms with E-state index in [2.05, 4.69) is 25.1 Å². The van der Waals surface area contributed by atoms with Crippen molar-refractivity contribution in [2.75, 3.05) is 47.0 Å². The molecule has 0 bridgehead atoms. The maximum absolute atomic E-state index is 12.9. The average molecular weight is 573 g/mol. The Morgan fingerprint density at radius 3 is 2.45 bits per heavy atom. The lowest BCUT2D eigenvalue weighted by molar-refractivity contribution is 0.169. The van der Waals surface area contributed by atoms with Crippen LogP contribution in [0.2, 0.25) is 10.0 Å². The van der Waals surface area contributed by atoms with E-state index in [0.717, 1.165) is 53.6 Å². The van der Waals surface area contributed by atoms with Crippen molar-refractivity contribution in [3.8, 4) is 0 Å². The molecule has 38 heavy (non-hydrogen) atoms. The lowest BCUT2D eigenvalue weighted by Crippen LogP contribution is -2.47. The highest BCUT2D eigenvalue weighted by molar-refractivity contribution is 7.91. The number of aromatic amines is 1. The van der Waals surface area contributed by atoms with Gasteiger partial charge in [-0.15, -0.1) is 0 Å². The highest BCUT2D eigenvalue weighted by atomic mass is 35.5. The van der Waals surface area contributed by atoms with Gasteiger partial charge in [0.2, 0.25) is 10.8 Å². The van der Waals surface area contributed by atoms with Gasteiger partial charge in [0.1, 0.15) is 23.3 Å². The number of aromatic nitrogens is 4. The molecular weight excluding hydrogens is 545 g/mol. The number of rotatable bonds is 6. The molecule has 2 aliphatic heterocycles. The molecule has 2 aliphatic rings. The third-order valence-electron chi connectivity index (χ3n) is 6.96. The Labute approximate surface area is 233 Å². The van der Waals surface area contributed by atoms with Crippen LogP contribution in [0.25, 0.3) is 11.0 Å². The number of imidazole rings is 1. The molecule has 1 saturated heterocycles. The monoisotopic (exact) mass is 571 g/mol. The van der Waals surface area contributed by atoms with Gasteiger partial charge in [0.15, 0.2) is 5.82 Å². The van der Waals surface area contributed by atoms with Crippen LogP contribution in [0.3, 0.4) is 0 Å². The van der Waals surface area contributed by atoms with Crippen LogP contribution in [0.4, 0.5) is 17.5 Å². The van der Waals surface area contributed by atoms with Gasteiger partial charge in [-0.05, 0) is 60.6 Å². The predicted molar refractivity (Wildman–Crippen MR) is 152 cm³/mol. The predicted octanol–water partition coefficient (Wildman–Crippen LogP) is 4.18. The van der Waals surface area contributed by atoms with Gasteiger partial charge in [0.25, 0.3) is 0 Å². The number of hydrogen-bond donors (Lipinski definition) is 3. The van der Waals surface area contributed by atoms with Crippen molar-refractivity contribution in [2.24, 2.45) is 0 Å². The van der Waals surface area contributed by atoms with Gasteiger partial charge in [0.05, 0.1) is 17.1 Å². The Kier molecular flexibility index (Phi) is 7.00. The van der Waals surface area contributed by atoms with Gasteiger partial charge in [-0.1, -0.05) is 23.2 Å². The summed E-state index contributed by atoms with van der Waals surface area (Å²) in [5, 5.41) is 15.4. The second-order valence-corrected chi connectivity index (χ2v) is 11.9. The lowest BCUT2D eigenvalue weighted by Gasteiger charge is -2.36. The zero-order valence-corrected chi connectivity index (χ0v) is 23.0. The molecule has 0 spiro atoms. The van der Waals surface area contributed by atoms with Crippen molar-refractivity contribution in [1.82, 2.24) is 19.9 Å². The first-order valence-corrected chi connectivity index (χ1v) is 14.6. The quantitative estimate of drug-likeness (QED) is 0.295. The van der Waals surface area contributed by atoms with Crippen LogP contribution in [-0.2, 0) is 17.6 Å². The summed E-state index contributed by atoms with van der Waals surface area (Å²) in [4.78, 5) is 22.6. The number of aliphatic hydroxyl groups is 1. The fraction of sp³-hybridized carbons (Fsp3) is 0.346. The molecule has 1 unspecified atom stereocenters. The maximum Gasteiger partial charge on any atom is 0.228 e. The Balaban J connectivity index is 1.28. The number of anilines is 3. The Morgan fingerprint density at radius 2 is 1.71 bits per heavy atom. The highest BCUT2D eigenvalue weighted by Crippen LogP contribution is 2.35. The normalized spacial score (nSPS) is 19.0. The topological polar surface area (TPSA) is 116 Å².